The molecule has 0 aromatic heterocycles. The Morgan fingerprint density at radius 3 is 2.00 bits per heavy atom. The van der Waals surface area contributed by atoms with Gasteiger partial charge in [0.15, 0.2) is 0 Å². The van der Waals surface area contributed by atoms with Crippen LogP contribution in [0.4, 0.5) is 4.79 Å². The van der Waals surface area contributed by atoms with Crippen molar-refractivity contribution in [2.24, 2.45) is 5.14 Å². The van der Waals surface area contributed by atoms with Crippen molar-refractivity contribution in [3.05, 3.63) is 24.3 Å². The van der Waals surface area contributed by atoms with Crippen LogP contribution in [0.5, 0.6) is 0 Å². The largest absolute Gasteiger partial charge is 0.289 e. The summed E-state index contributed by atoms with van der Waals surface area (Å²) in [5.74, 6) is -0.235. The second-order valence-electron chi connectivity index (χ2n) is 5.31. The van der Waals surface area contributed by atoms with Gasteiger partial charge < -0.3 is 0 Å². The Labute approximate surface area is 142 Å². The summed E-state index contributed by atoms with van der Waals surface area (Å²) in [5, 5.41) is 4.61. The summed E-state index contributed by atoms with van der Waals surface area (Å²) in [7, 11) is -7.72. The predicted octanol–water partition coefficient (Wildman–Crippen LogP) is -0.598. The number of sulfonamides is 2. The molecule has 2 saturated heterocycles. The summed E-state index contributed by atoms with van der Waals surface area (Å²) in [6.45, 7) is 0.0502. The van der Waals surface area contributed by atoms with Crippen molar-refractivity contribution in [2.45, 2.75) is 15.8 Å². The average molecular weight is 391 g/mol. The minimum absolute atomic E-state index is 0.0251. The third kappa shape index (κ3) is 2.95. The van der Waals surface area contributed by atoms with Crippen LogP contribution in [0.15, 0.2) is 34.1 Å². The van der Waals surface area contributed by atoms with Gasteiger partial charge in [-0.15, -0.1) is 0 Å². The molecular weight excluding hydrogens is 378 g/mol. The monoisotopic (exact) mass is 391 g/mol. The van der Waals surface area contributed by atoms with Gasteiger partial charge in [0.1, 0.15) is 0 Å². The Morgan fingerprint density at radius 1 is 1.00 bits per heavy atom. The van der Waals surface area contributed by atoms with Crippen LogP contribution in [0.3, 0.4) is 0 Å². The van der Waals surface area contributed by atoms with Crippen molar-refractivity contribution in [3.8, 4) is 0 Å². The van der Waals surface area contributed by atoms with Gasteiger partial charge >= 0.3 is 0 Å². The lowest BCUT2D eigenvalue weighted by Crippen LogP contribution is -2.61. The molecule has 1 aromatic rings. The SMILES string of the molecule is NS(=O)(=O)c1ccc(S(=O)(=O)N2CC(N3C(=O)CSC3=O)C2)cc1. The van der Waals surface area contributed by atoms with Crippen molar-refractivity contribution in [3.63, 3.8) is 0 Å². The molecule has 2 aliphatic heterocycles. The lowest BCUT2D eigenvalue weighted by molar-refractivity contribution is -0.127. The van der Waals surface area contributed by atoms with Gasteiger partial charge in [-0.1, -0.05) is 11.8 Å². The number of amides is 2. The molecule has 0 aliphatic carbocycles. The number of thioether (sulfide) groups is 1. The van der Waals surface area contributed by atoms with E-state index in [2.05, 4.69) is 0 Å². The summed E-state index contributed by atoms with van der Waals surface area (Å²) < 4.78 is 48.4. The van der Waals surface area contributed by atoms with E-state index in [0.717, 1.165) is 45.2 Å². The van der Waals surface area contributed by atoms with E-state index in [9.17, 15) is 26.4 Å². The normalized spacial score (nSPS) is 20.5. The number of primary sulfonamides is 1. The molecule has 2 heterocycles. The molecule has 0 spiro atoms. The van der Waals surface area contributed by atoms with Crippen LogP contribution in [0.1, 0.15) is 0 Å². The van der Waals surface area contributed by atoms with E-state index in [1.807, 2.05) is 0 Å². The van der Waals surface area contributed by atoms with E-state index in [1.54, 1.807) is 0 Å². The summed E-state index contributed by atoms with van der Waals surface area (Å²) in [6.07, 6.45) is 0. The van der Waals surface area contributed by atoms with Gasteiger partial charge in [-0.25, -0.2) is 22.0 Å². The maximum atomic E-state index is 12.5. The highest BCUT2D eigenvalue weighted by molar-refractivity contribution is 8.14. The summed E-state index contributed by atoms with van der Waals surface area (Å²) in [6, 6.07) is 4.08. The minimum atomic E-state index is -3.90. The molecule has 2 amide bonds. The molecule has 3 rings (SSSR count). The van der Waals surface area contributed by atoms with Gasteiger partial charge in [0.25, 0.3) is 5.24 Å². The van der Waals surface area contributed by atoms with Crippen molar-refractivity contribution >= 4 is 43.0 Å². The average Bonchev–Trinajstić information content (AvgIpc) is 2.77. The molecule has 0 saturated carbocycles. The van der Waals surface area contributed by atoms with Crippen LogP contribution in [0, 0.1) is 0 Å². The highest BCUT2D eigenvalue weighted by atomic mass is 32.2. The number of hydrogen-bond donors (Lipinski definition) is 1. The number of carbonyl (C=O) groups is 2. The third-order valence-electron chi connectivity index (χ3n) is 3.77. The fourth-order valence-electron chi connectivity index (χ4n) is 2.44. The molecule has 0 bridgehead atoms. The fraction of sp³-hybridized carbons (Fsp3) is 0.333. The number of benzene rings is 1. The second-order valence-corrected chi connectivity index (χ2v) is 9.74. The topological polar surface area (TPSA) is 135 Å². The molecule has 2 aliphatic rings. The first-order valence-electron chi connectivity index (χ1n) is 6.72. The lowest BCUT2D eigenvalue weighted by atomic mass is 10.1. The molecule has 130 valence electrons. The van der Waals surface area contributed by atoms with Crippen LogP contribution in [0.2, 0.25) is 0 Å². The highest BCUT2D eigenvalue weighted by Crippen LogP contribution is 2.29. The fourth-order valence-corrected chi connectivity index (χ4v) is 5.25. The van der Waals surface area contributed by atoms with Crippen molar-refractivity contribution < 1.29 is 26.4 Å². The van der Waals surface area contributed by atoms with Gasteiger partial charge in [-0.05, 0) is 24.3 Å². The third-order valence-corrected chi connectivity index (χ3v) is 7.38. The molecule has 12 heteroatoms. The molecule has 0 unspecified atom stereocenters. The maximum absolute atomic E-state index is 12.5. The molecule has 0 atom stereocenters. The zero-order chi connectivity index (χ0) is 17.7. The van der Waals surface area contributed by atoms with Gasteiger partial charge in [0.05, 0.1) is 21.6 Å². The van der Waals surface area contributed by atoms with E-state index < -0.39 is 26.1 Å². The number of rotatable bonds is 4. The molecule has 1 aromatic carbocycles. The van der Waals surface area contributed by atoms with Gasteiger partial charge in [-0.2, -0.15) is 4.31 Å². The maximum Gasteiger partial charge on any atom is 0.289 e. The Morgan fingerprint density at radius 2 is 1.54 bits per heavy atom. The van der Waals surface area contributed by atoms with Crippen molar-refractivity contribution in [1.29, 1.82) is 0 Å². The van der Waals surface area contributed by atoms with Crippen LogP contribution in [0.25, 0.3) is 0 Å². The van der Waals surface area contributed by atoms with Crippen LogP contribution >= 0.6 is 11.8 Å². The Balaban J connectivity index is 1.74. The Kier molecular flexibility index (Phi) is 4.20. The lowest BCUT2D eigenvalue weighted by Gasteiger charge is -2.41. The van der Waals surface area contributed by atoms with Crippen molar-refractivity contribution in [1.82, 2.24) is 9.21 Å². The Hall–Kier alpha value is -1.47. The molecular formula is C12H13N3O6S3. The summed E-state index contributed by atoms with van der Waals surface area (Å²) in [5.41, 5.74) is 0. The van der Waals surface area contributed by atoms with Gasteiger partial charge in [0, 0.05) is 13.1 Å². The van der Waals surface area contributed by atoms with Crippen LogP contribution < -0.4 is 5.14 Å². The number of hydrogen-bond acceptors (Lipinski definition) is 7. The zero-order valence-corrected chi connectivity index (χ0v) is 14.6. The smallest absolute Gasteiger partial charge is 0.273 e. The van der Waals surface area contributed by atoms with Crippen LogP contribution in [-0.2, 0) is 24.8 Å². The molecule has 2 N–H and O–H groups in total. The molecule has 2 fully saturated rings. The van der Waals surface area contributed by atoms with Gasteiger partial charge in [0.2, 0.25) is 26.0 Å². The molecule has 0 radical (unpaired) electrons. The number of carbonyl (C=O) groups excluding carboxylic acids is 2. The summed E-state index contributed by atoms with van der Waals surface area (Å²) in [4.78, 5) is 24.1. The first-order valence-corrected chi connectivity index (χ1v) is 10.7. The standard InChI is InChI=1S/C12H13N3O6S3/c13-23(18,19)9-1-3-10(4-2-9)24(20,21)14-5-8(6-14)15-11(16)7-22-12(15)17/h1-4,8H,5-7H2,(H2,13,18,19). The minimum Gasteiger partial charge on any atom is -0.273 e. The highest BCUT2D eigenvalue weighted by Gasteiger charge is 2.45. The summed E-state index contributed by atoms with van der Waals surface area (Å²) >= 11 is 0.901. The van der Waals surface area contributed by atoms with E-state index in [0.29, 0.717) is 0 Å². The molecule has 24 heavy (non-hydrogen) atoms. The number of nitrogens with two attached hydrogens (primary N) is 1. The number of imide groups is 1. The van der Waals surface area contributed by atoms with E-state index >= 15 is 0 Å². The van der Waals surface area contributed by atoms with E-state index in [-0.39, 0.29) is 39.8 Å². The zero-order valence-electron chi connectivity index (χ0n) is 12.2. The first kappa shape index (κ1) is 17.4. The van der Waals surface area contributed by atoms with Gasteiger partial charge in [-0.3, -0.25) is 14.5 Å². The molecule has 9 nitrogen and oxygen atoms in total. The van der Waals surface area contributed by atoms with E-state index in [1.165, 1.54) is 0 Å². The number of nitrogens with zero attached hydrogens (tertiary/aromatic N) is 2. The predicted molar refractivity (Wildman–Crippen MR) is 85.1 cm³/mol. The Bertz CT molecular complexity index is 888. The van der Waals surface area contributed by atoms with Crippen LogP contribution in [-0.4, -0.2) is 62.1 Å². The van der Waals surface area contributed by atoms with E-state index in [4.69, 9.17) is 5.14 Å². The second kappa shape index (κ2) is 5.81. The van der Waals surface area contributed by atoms with Crippen molar-refractivity contribution in [2.75, 3.05) is 18.8 Å². The first-order chi connectivity index (χ1) is 11.1. The quantitative estimate of drug-likeness (QED) is 0.724.